The molecular formula is C12H19NO7. The van der Waals surface area contributed by atoms with Gasteiger partial charge >= 0.3 is 5.97 Å². The summed E-state index contributed by atoms with van der Waals surface area (Å²) in [7, 11) is 2.56. The number of esters is 1. The van der Waals surface area contributed by atoms with Crippen LogP contribution in [-0.4, -0.2) is 60.5 Å². The zero-order valence-corrected chi connectivity index (χ0v) is 12.1. The van der Waals surface area contributed by atoms with Gasteiger partial charge in [0.2, 0.25) is 5.60 Å². The minimum absolute atomic E-state index is 0.650. The SMILES string of the molecule is CNC(=O)[C@@]1(C)O[C@@H](OC)[C@@](O)(C(C)=O)[C@@H]1OC(C)=O. The van der Waals surface area contributed by atoms with Gasteiger partial charge in [0.1, 0.15) is 0 Å². The van der Waals surface area contributed by atoms with Gasteiger partial charge in [0.15, 0.2) is 23.8 Å². The van der Waals surface area contributed by atoms with E-state index < -0.39 is 41.3 Å². The number of ketones is 1. The van der Waals surface area contributed by atoms with Crippen molar-refractivity contribution >= 4 is 17.7 Å². The number of amides is 1. The van der Waals surface area contributed by atoms with Crippen LogP contribution in [-0.2, 0) is 28.6 Å². The lowest BCUT2D eigenvalue weighted by molar-refractivity contribution is -0.203. The highest BCUT2D eigenvalue weighted by molar-refractivity contribution is 5.92. The second kappa shape index (κ2) is 5.47. The third-order valence-corrected chi connectivity index (χ3v) is 3.35. The fraction of sp³-hybridized carbons (Fsp3) is 0.750. The molecule has 0 aromatic carbocycles. The van der Waals surface area contributed by atoms with Crippen molar-refractivity contribution in [3.63, 3.8) is 0 Å². The van der Waals surface area contributed by atoms with Crippen molar-refractivity contribution in [3.8, 4) is 0 Å². The van der Waals surface area contributed by atoms with E-state index in [1.807, 2.05) is 0 Å². The zero-order valence-electron chi connectivity index (χ0n) is 12.1. The fourth-order valence-corrected chi connectivity index (χ4v) is 2.28. The van der Waals surface area contributed by atoms with E-state index in [9.17, 15) is 19.5 Å². The first-order valence-corrected chi connectivity index (χ1v) is 5.98. The molecule has 1 heterocycles. The lowest BCUT2D eigenvalue weighted by Gasteiger charge is -2.32. The molecule has 0 saturated carbocycles. The van der Waals surface area contributed by atoms with Crippen LogP contribution in [0.4, 0.5) is 0 Å². The minimum Gasteiger partial charge on any atom is -0.455 e. The van der Waals surface area contributed by atoms with Crippen LogP contribution in [0.25, 0.3) is 0 Å². The average molecular weight is 289 g/mol. The number of hydrogen-bond acceptors (Lipinski definition) is 7. The van der Waals surface area contributed by atoms with E-state index in [0.29, 0.717) is 0 Å². The minimum atomic E-state index is -2.26. The summed E-state index contributed by atoms with van der Waals surface area (Å²) in [5.41, 5.74) is -4.01. The van der Waals surface area contributed by atoms with E-state index >= 15 is 0 Å². The molecule has 1 aliphatic heterocycles. The molecule has 1 rings (SSSR count). The first-order valence-electron chi connectivity index (χ1n) is 5.98. The van der Waals surface area contributed by atoms with Crippen molar-refractivity contribution in [2.24, 2.45) is 0 Å². The molecule has 8 nitrogen and oxygen atoms in total. The molecule has 8 heteroatoms. The first-order chi connectivity index (χ1) is 9.14. The van der Waals surface area contributed by atoms with Gasteiger partial charge in [-0.15, -0.1) is 0 Å². The molecule has 114 valence electrons. The summed E-state index contributed by atoms with van der Waals surface area (Å²) in [6.45, 7) is 3.51. The highest BCUT2D eigenvalue weighted by Crippen LogP contribution is 2.41. The van der Waals surface area contributed by atoms with Gasteiger partial charge in [0.25, 0.3) is 5.91 Å². The third kappa shape index (κ3) is 2.30. The van der Waals surface area contributed by atoms with Gasteiger partial charge in [-0.05, 0) is 13.8 Å². The van der Waals surface area contributed by atoms with Gasteiger partial charge in [-0.1, -0.05) is 0 Å². The second-order valence-electron chi connectivity index (χ2n) is 4.74. The maximum Gasteiger partial charge on any atom is 0.303 e. The van der Waals surface area contributed by atoms with Gasteiger partial charge in [0, 0.05) is 21.1 Å². The van der Waals surface area contributed by atoms with Crippen LogP contribution >= 0.6 is 0 Å². The van der Waals surface area contributed by atoms with E-state index in [4.69, 9.17) is 14.2 Å². The lowest BCUT2D eigenvalue weighted by Crippen LogP contribution is -2.61. The smallest absolute Gasteiger partial charge is 0.303 e. The van der Waals surface area contributed by atoms with Gasteiger partial charge in [-0.3, -0.25) is 14.4 Å². The zero-order chi connectivity index (χ0) is 15.7. The molecule has 0 aliphatic carbocycles. The number of carbonyl (C=O) groups is 3. The molecule has 1 aliphatic rings. The molecule has 4 atom stereocenters. The summed E-state index contributed by atoms with van der Waals surface area (Å²) in [4.78, 5) is 35.0. The Labute approximate surface area is 116 Å². The number of hydrogen-bond donors (Lipinski definition) is 2. The molecule has 20 heavy (non-hydrogen) atoms. The van der Waals surface area contributed by atoms with Crippen LogP contribution in [0.2, 0.25) is 0 Å². The van der Waals surface area contributed by atoms with Crippen molar-refractivity contribution in [2.45, 2.75) is 44.4 Å². The summed E-state index contributed by atoms with van der Waals surface area (Å²) in [5.74, 6) is -2.14. The van der Waals surface area contributed by atoms with Crippen LogP contribution < -0.4 is 5.32 Å². The van der Waals surface area contributed by atoms with E-state index in [-0.39, 0.29) is 0 Å². The Morgan fingerprint density at radius 3 is 2.20 bits per heavy atom. The Morgan fingerprint density at radius 2 is 1.85 bits per heavy atom. The Kier molecular flexibility index (Phi) is 4.52. The molecule has 0 aromatic heterocycles. The van der Waals surface area contributed by atoms with Crippen molar-refractivity contribution in [3.05, 3.63) is 0 Å². The van der Waals surface area contributed by atoms with Gasteiger partial charge in [0.05, 0.1) is 0 Å². The molecule has 2 N–H and O–H groups in total. The summed E-state index contributed by atoms with van der Waals surface area (Å²) < 4.78 is 15.3. The second-order valence-corrected chi connectivity index (χ2v) is 4.74. The van der Waals surface area contributed by atoms with E-state index in [0.717, 1.165) is 13.8 Å². The molecule has 0 unspecified atom stereocenters. The standard InChI is InChI=1S/C12H19NO7/c1-6(14)12(17)8(19-7(2)15)11(3,9(16)13-4)20-10(12)18-5/h8,10,17H,1-5H3,(H,13,16)/t8-,10-,11+,12-/m1/s1. The van der Waals surface area contributed by atoms with E-state index in [1.54, 1.807) is 0 Å². The van der Waals surface area contributed by atoms with Gasteiger partial charge in [-0.25, -0.2) is 0 Å². The highest BCUT2D eigenvalue weighted by atomic mass is 16.7. The predicted molar refractivity (Wildman–Crippen MR) is 65.5 cm³/mol. The summed E-state index contributed by atoms with van der Waals surface area (Å²) in [6.07, 6.45) is -2.94. The molecule has 0 spiro atoms. The Bertz CT molecular complexity index is 438. The Hall–Kier alpha value is -1.51. The number of rotatable bonds is 4. The largest absolute Gasteiger partial charge is 0.455 e. The summed E-state index contributed by atoms with van der Waals surface area (Å²) in [6, 6.07) is 0. The predicted octanol–water partition coefficient (Wildman–Crippen LogP) is -1.25. The van der Waals surface area contributed by atoms with Crippen LogP contribution in [0.3, 0.4) is 0 Å². The summed E-state index contributed by atoms with van der Waals surface area (Å²) >= 11 is 0. The quantitative estimate of drug-likeness (QED) is 0.622. The molecular weight excluding hydrogens is 270 g/mol. The van der Waals surface area contributed by atoms with Crippen molar-refractivity contribution in [2.75, 3.05) is 14.2 Å². The van der Waals surface area contributed by atoms with Crippen LogP contribution in [0, 0.1) is 0 Å². The van der Waals surface area contributed by atoms with Crippen molar-refractivity contribution in [1.82, 2.24) is 5.32 Å². The molecule has 0 radical (unpaired) electrons. The van der Waals surface area contributed by atoms with Crippen molar-refractivity contribution < 1.29 is 33.7 Å². The third-order valence-electron chi connectivity index (χ3n) is 3.35. The number of carbonyl (C=O) groups excluding carboxylic acids is 3. The summed E-state index contributed by atoms with van der Waals surface area (Å²) in [5, 5.41) is 12.9. The van der Waals surface area contributed by atoms with Gasteiger partial charge in [-0.2, -0.15) is 0 Å². The maximum absolute atomic E-state index is 12.0. The first kappa shape index (κ1) is 16.5. The monoisotopic (exact) mass is 289 g/mol. The Balaban J connectivity index is 3.38. The fourth-order valence-electron chi connectivity index (χ4n) is 2.28. The number of Topliss-reactive ketones (excluding diaryl/α,β-unsaturated/α-hetero) is 1. The molecule has 1 amide bonds. The number of likely N-dealkylation sites (N-methyl/N-ethyl adjacent to an activating group) is 1. The number of ether oxygens (including phenoxy) is 3. The van der Waals surface area contributed by atoms with Crippen molar-refractivity contribution in [1.29, 1.82) is 0 Å². The highest BCUT2D eigenvalue weighted by Gasteiger charge is 2.69. The van der Waals surface area contributed by atoms with Crippen LogP contribution in [0.15, 0.2) is 0 Å². The number of aliphatic hydroxyl groups is 1. The van der Waals surface area contributed by atoms with E-state index in [2.05, 4.69) is 5.32 Å². The Morgan fingerprint density at radius 1 is 1.30 bits per heavy atom. The van der Waals surface area contributed by atoms with Gasteiger partial charge < -0.3 is 24.6 Å². The van der Waals surface area contributed by atoms with Crippen LogP contribution in [0.5, 0.6) is 0 Å². The number of methoxy groups -OCH3 is 1. The normalized spacial score (nSPS) is 36.5. The topological polar surface area (TPSA) is 111 Å². The molecule has 0 aromatic rings. The maximum atomic E-state index is 12.0. The number of nitrogens with one attached hydrogen (secondary N) is 1. The molecule has 1 fully saturated rings. The van der Waals surface area contributed by atoms with E-state index in [1.165, 1.54) is 21.1 Å². The van der Waals surface area contributed by atoms with Crippen LogP contribution in [0.1, 0.15) is 20.8 Å². The molecule has 0 bridgehead atoms. The average Bonchev–Trinajstić information content (AvgIpc) is 2.60. The molecule has 1 saturated heterocycles. The lowest BCUT2D eigenvalue weighted by atomic mass is 9.84.